The summed E-state index contributed by atoms with van der Waals surface area (Å²) >= 11 is 0. The van der Waals surface area contributed by atoms with E-state index < -0.39 is 75.8 Å². The monoisotopic (exact) mass is 963 g/mol. The predicted octanol–water partition coefficient (Wildman–Crippen LogP) is 16.4. The molecule has 0 radical (unpaired) electrons. The van der Waals surface area contributed by atoms with Crippen molar-refractivity contribution in [3.05, 3.63) is 220 Å². The Morgan fingerprint density at radius 3 is 1.19 bits per heavy atom. The Labute approximate surface area is 389 Å². The van der Waals surface area contributed by atoms with Gasteiger partial charge in [0.15, 0.2) is 0 Å². The Hall–Kier alpha value is -7.94. The zero-order valence-corrected chi connectivity index (χ0v) is 35.5. The summed E-state index contributed by atoms with van der Waals surface area (Å²) < 4.78 is 169. The second-order valence-corrected chi connectivity index (χ2v) is 16.8. The van der Waals surface area contributed by atoms with Gasteiger partial charge < -0.3 is 0 Å². The average molecular weight is 964 g/mol. The Morgan fingerprint density at radius 1 is 0.314 bits per heavy atom. The molecule has 2 aliphatic rings. The quantitative estimate of drug-likeness (QED) is 0.123. The number of carbonyl (C=O) groups is 2. The van der Waals surface area contributed by atoms with Crippen LogP contribution >= 0.6 is 0 Å². The van der Waals surface area contributed by atoms with E-state index in [0.717, 1.165) is 16.0 Å². The zero-order chi connectivity index (χ0) is 49.7. The van der Waals surface area contributed by atoms with Crippen LogP contribution in [0.3, 0.4) is 0 Å². The highest BCUT2D eigenvalue weighted by Gasteiger charge is 2.44. The van der Waals surface area contributed by atoms with E-state index in [-0.39, 0.29) is 56.8 Å². The molecule has 0 spiro atoms. The van der Waals surface area contributed by atoms with Gasteiger partial charge in [0.1, 0.15) is 0 Å². The third-order valence-electron chi connectivity index (χ3n) is 12.5. The topological polar surface area (TPSA) is 37.4 Å². The lowest BCUT2D eigenvalue weighted by atomic mass is 9.84. The number of hydrogen-bond acceptors (Lipinski definition) is 2. The van der Waals surface area contributed by atoms with Crippen molar-refractivity contribution in [2.24, 2.45) is 0 Å². The van der Waals surface area contributed by atoms with E-state index in [1.165, 1.54) is 48.5 Å². The summed E-state index contributed by atoms with van der Waals surface area (Å²) in [6, 6.07) is 38.3. The Morgan fingerprint density at radius 2 is 0.729 bits per heavy atom. The Bertz CT molecular complexity index is 3240. The Balaban J connectivity index is 1.16. The van der Waals surface area contributed by atoms with E-state index in [4.69, 9.17) is 0 Å². The first-order valence-electron chi connectivity index (χ1n) is 21.2. The van der Waals surface area contributed by atoms with Gasteiger partial charge in [0.25, 0.3) is 11.8 Å². The van der Waals surface area contributed by atoms with Crippen LogP contribution in [0.4, 0.5) is 58.4 Å². The van der Waals surface area contributed by atoms with Gasteiger partial charge >= 0.3 is 24.7 Å². The molecule has 8 aromatic rings. The highest BCUT2D eigenvalue weighted by atomic mass is 19.4. The number of alkyl halides is 12. The molecule has 70 heavy (non-hydrogen) atoms. The summed E-state index contributed by atoms with van der Waals surface area (Å²) in [4.78, 5) is 30.6. The minimum Gasteiger partial charge on any atom is -0.268 e. The molecule has 3 nitrogen and oxygen atoms in total. The van der Waals surface area contributed by atoms with E-state index in [9.17, 15) is 57.5 Å². The first-order valence-corrected chi connectivity index (χ1v) is 21.2. The molecule has 0 saturated heterocycles. The summed E-state index contributed by atoms with van der Waals surface area (Å²) in [5.41, 5.74) is -3.39. The number of rotatable bonds is 6. The highest BCUT2D eigenvalue weighted by Crippen LogP contribution is 2.53. The summed E-state index contributed by atoms with van der Waals surface area (Å²) in [5, 5.41) is 0. The number of amides is 2. The number of benzene rings is 8. The van der Waals surface area contributed by atoms with Crippen molar-refractivity contribution >= 4 is 17.5 Å². The number of hydrogen-bond donors (Lipinski definition) is 0. The summed E-state index contributed by atoms with van der Waals surface area (Å²) in [7, 11) is 0. The molecular formula is C55H29F12NO2. The molecule has 1 heterocycles. The van der Waals surface area contributed by atoms with Gasteiger partial charge in [-0.05, 0) is 133 Å². The Kier molecular flexibility index (Phi) is 10.7. The standard InChI is InChI=1S/C55H29F12NO2/c56-52(57,58)36-20-34(21-37(27-36)53(59,60)61)32-14-17-40-45(25-32)46-26-33(35-22-38(54(62,63)64)28-39(23-35)55(65,66)67)15-18-41(46)48(40)42-12-7-13-43-49(42)51(70)68(50(43)69)47-19-16-31(29-8-3-1-4-9-29)24-44(47)30-10-5-2-6-11-30/h1-28,48H. The van der Waals surface area contributed by atoms with E-state index in [0.29, 0.717) is 46.5 Å². The van der Waals surface area contributed by atoms with Crippen molar-refractivity contribution in [1.82, 2.24) is 0 Å². The third-order valence-corrected chi connectivity index (χ3v) is 12.5. The maximum Gasteiger partial charge on any atom is 0.416 e. The second-order valence-electron chi connectivity index (χ2n) is 16.8. The van der Waals surface area contributed by atoms with Gasteiger partial charge in [0.05, 0.1) is 39.1 Å². The van der Waals surface area contributed by atoms with Crippen molar-refractivity contribution in [1.29, 1.82) is 0 Å². The van der Waals surface area contributed by atoms with Gasteiger partial charge in [0.2, 0.25) is 0 Å². The lowest BCUT2D eigenvalue weighted by Gasteiger charge is -2.21. The van der Waals surface area contributed by atoms with Crippen LogP contribution in [0.25, 0.3) is 55.6 Å². The molecule has 0 bridgehead atoms. The number of nitrogens with zero attached hydrogens (tertiary/aromatic N) is 1. The van der Waals surface area contributed by atoms with E-state index in [1.807, 2.05) is 48.5 Å². The van der Waals surface area contributed by atoms with E-state index >= 15 is 4.79 Å². The number of carbonyl (C=O) groups excluding carboxylic acids is 2. The molecule has 2 amide bonds. The third kappa shape index (κ3) is 8.08. The maximum absolute atomic E-state index is 15.0. The van der Waals surface area contributed by atoms with Crippen LogP contribution in [0.1, 0.15) is 65.6 Å². The maximum atomic E-state index is 15.0. The van der Waals surface area contributed by atoms with Crippen molar-refractivity contribution < 1.29 is 62.3 Å². The lowest BCUT2D eigenvalue weighted by Crippen LogP contribution is -2.30. The summed E-state index contributed by atoms with van der Waals surface area (Å²) in [5.74, 6) is -2.41. The fourth-order valence-electron chi connectivity index (χ4n) is 9.35. The molecule has 1 aliphatic carbocycles. The van der Waals surface area contributed by atoms with Crippen LogP contribution in [0.15, 0.2) is 170 Å². The lowest BCUT2D eigenvalue weighted by molar-refractivity contribution is -0.144. The molecule has 10 rings (SSSR count). The molecule has 8 aromatic carbocycles. The minimum atomic E-state index is -5.20. The van der Waals surface area contributed by atoms with E-state index in [1.54, 1.807) is 36.4 Å². The molecule has 0 fully saturated rings. The van der Waals surface area contributed by atoms with Crippen LogP contribution in [0.5, 0.6) is 0 Å². The molecule has 0 saturated carbocycles. The van der Waals surface area contributed by atoms with Gasteiger partial charge in [-0.15, -0.1) is 0 Å². The van der Waals surface area contributed by atoms with E-state index in [2.05, 4.69) is 0 Å². The highest BCUT2D eigenvalue weighted by molar-refractivity contribution is 6.36. The van der Waals surface area contributed by atoms with Crippen LogP contribution in [-0.4, -0.2) is 11.8 Å². The number of imide groups is 1. The molecule has 0 unspecified atom stereocenters. The molecule has 0 atom stereocenters. The molecule has 0 aromatic heterocycles. The zero-order valence-electron chi connectivity index (χ0n) is 35.5. The fraction of sp³-hybridized carbons (Fsp3) is 0.0909. The van der Waals surface area contributed by atoms with Crippen molar-refractivity contribution in [3.63, 3.8) is 0 Å². The predicted molar refractivity (Wildman–Crippen MR) is 239 cm³/mol. The van der Waals surface area contributed by atoms with Crippen LogP contribution in [0, 0.1) is 0 Å². The normalized spacial score (nSPS) is 14.0. The molecular weight excluding hydrogens is 935 g/mol. The average Bonchev–Trinajstić information content (AvgIpc) is 3.79. The van der Waals surface area contributed by atoms with Gasteiger partial charge in [-0.25, -0.2) is 4.90 Å². The van der Waals surface area contributed by atoms with Crippen molar-refractivity contribution in [2.45, 2.75) is 30.6 Å². The minimum absolute atomic E-state index is 0.00387. The molecule has 350 valence electrons. The number of fused-ring (bicyclic) bond motifs is 4. The fourth-order valence-corrected chi connectivity index (χ4v) is 9.35. The number of halogens is 12. The number of anilines is 1. The second kappa shape index (κ2) is 16.4. The summed E-state index contributed by atoms with van der Waals surface area (Å²) in [6.45, 7) is 0. The largest absolute Gasteiger partial charge is 0.416 e. The van der Waals surface area contributed by atoms with Crippen LogP contribution in [0.2, 0.25) is 0 Å². The first-order chi connectivity index (χ1) is 33.1. The van der Waals surface area contributed by atoms with Crippen LogP contribution in [-0.2, 0) is 24.7 Å². The van der Waals surface area contributed by atoms with Gasteiger partial charge in [0, 0.05) is 11.5 Å². The van der Waals surface area contributed by atoms with Gasteiger partial charge in [-0.3, -0.25) is 9.59 Å². The first kappa shape index (κ1) is 45.8. The van der Waals surface area contributed by atoms with Crippen LogP contribution < -0.4 is 4.90 Å². The molecule has 1 aliphatic heterocycles. The van der Waals surface area contributed by atoms with Crippen molar-refractivity contribution in [2.75, 3.05) is 4.90 Å². The molecule has 15 heteroatoms. The van der Waals surface area contributed by atoms with Gasteiger partial charge in [-0.2, -0.15) is 52.7 Å². The smallest absolute Gasteiger partial charge is 0.268 e. The van der Waals surface area contributed by atoms with Gasteiger partial charge in [-0.1, -0.05) is 103 Å². The van der Waals surface area contributed by atoms with Crippen molar-refractivity contribution in [3.8, 4) is 55.6 Å². The summed E-state index contributed by atoms with van der Waals surface area (Å²) in [6.07, 6.45) is -20.8. The molecule has 0 N–H and O–H groups in total. The SMILES string of the molecule is O=C1c2cccc(C3c4ccc(-c5cc(C(F)(F)F)cc(C(F)(F)F)c5)cc4-c4cc(-c5cc(C(F)(F)F)cc(C(F)(F)F)c5)ccc43)c2C(=O)N1c1ccc(-c2ccccc2)cc1-c1ccccc1.